The summed E-state index contributed by atoms with van der Waals surface area (Å²) in [4.78, 5) is 49.0. The molecule has 16 aromatic rings. The fourth-order valence-electron chi connectivity index (χ4n) is 20.6. The van der Waals surface area contributed by atoms with Crippen LogP contribution in [0, 0.1) is 11.7 Å². The molecule has 1 saturated carbocycles. The molecule has 2 amide bonds. The summed E-state index contributed by atoms with van der Waals surface area (Å²) in [6.45, 7) is 9.56. The third kappa shape index (κ3) is 19.4. The fourth-order valence-corrected chi connectivity index (χ4v) is 22.4. The normalized spacial score (nSPS) is 18.1. The lowest BCUT2D eigenvalue weighted by Crippen LogP contribution is -2.41. The van der Waals surface area contributed by atoms with Crippen LogP contribution in [0.4, 0.5) is 14.0 Å². The summed E-state index contributed by atoms with van der Waals surface area (Å²) in [6.07, 6.45) is 14.1. The van der Waals surface area contributed by atoms with Crippen molar-refractivity contribution in [2.45, 2.75) is 128 Å². The van der Waals surface area contributed by atoms with Gasteiger partial charge in [0.25, 0.3) is 0 Å². The summed E-state index contributed by atoms with van der Waals surface area (Å²) >= 11 is 30.9. The number of aromatic amines is 5. The van der Waals surface area contributed by atoms with Gasteiger partial charge in [-0.1, -0.05) is 168 Å². The molecule has 1 fully saturated rings. The third-order valence-corrected chi connectivity index (χ3v) is 29.0. The molecule has 6 aliphatic heterocycles. The Morgan fingerprint density at radius 3 is 1.56 bits per heavy atom. The number of benzene rings is 10. The molecule has 10 aromatic carbocycles. The molecular weight excluding hydrogens is 1800 g/mol. The van der Waals surface area contributed by atoms with E-state index in [2.05, 4.69) is 77.6 Å². The molecule has 0 saturated heterocycles. The molecule has 20 nitrogen and oxygen atoms in total. The van der Waals surface area contributed by atoms with E-state index in [-0.39, 0.29) is 36.1 Å². The molecule has 7 aliphatic rings. The predicted molar refractivity (Wildman–Crippen MR) is 525 cm³/mol. The van der Waals surface area contributed by atoms with Crippen LogP contribution in [0.1, 0.15) is 166 Å². The van der Waals surface area contributed by atoms with E-state index in [0.717, 1.165) is 172 Å². The summed E-state index contributed by atoms with van der Waals surface area (Å²) in [6, 6.07) is 73.9. The maximum absolute atomic E-state index is 13.7. The highest BCUT2D eigenvalue weighted by Crippen LogP contribution is 2.48. The van der Waals surface area contributed by atoms with Crippen LogP contribution in [0.5, 0.6) is 17.2 Å². The summed E-state index contributed by atoms with van der Waals surface area (Å²) < 4.78 is 73.6. The highest BCUT2D eigenvalue weighted by Gasteiger charge is 2.41. The van der Waals surface area contributed by atoms with Gasteiger partial charge in [0.1, 0.15) is 30.0 Å². The Kier molecular flexibility index (Phi) is 27.1. The first kappa shape index (κ1) is 90.5. The zero-order chi connectivity index (χ0) is 91.5. The van der Waals surface area contributed by atoms with Crippen LogP contribution in [0.15, 0.2) is 241 Å². The van der Waals surface area contributed by atoms with Gasteiger partial charge in [-0.25, -0.2) is 22.4 Å². The van der Waals surface area contributed by atoms with Crippen molar-refractivity contribution in [3.8, 4) is 17.2 Å². The number of hydrogen-bond acceptors (Lipinski definition) is 12. The minimum absolute atomic E-state index is 0.0774. The molecule has 0 radical (unpaired) electrons. The van der Waals surface area contributed by atoms with Crippen molar-refractivity contribution < 1.29 is 50.5 Å². The standard InChI is InChI=1S/C25H23ClN2O3S.C22H25ClN2O.C21H21ClN2O2.C20H18ClFN2O2.C18H15ClN2O2/c1-32(29,30)28-14-13-21-22-15-19(26)9-12-23(22)27-24(21)25(28)18-7-10-20(11-8-18)31-16-17-5-3-2-4-6-17;23-16-8-9-20-19(13-16)18-10-11-25(14-17-7-4-12-26-17)22(21(18)24-20)15-5-2-1-3-6-15;1-2-26-21(25)24-11-10-16-17-13-15(22)8-9-18(17)23-20(16)19(24)12-14-6-4-3-5-7-14;1-2-26-20(25)24-10-9-15-16-11-14(22)7-8-17(16)23-18(15)19(24)12-3-5-13(21)6-4-12;19-11-2-3-14-13(8-11)12-5-6-20-17(18(12)21-14)10-1-4-15-16(7-10)23-9-22-15/h2-12,15,25,27H,13-14,16H2,1H3;4,7-9,12-13,15,22,24H,1-3,5-6,10-11,14H2;3-9,13,19,23H,2,10-12H2,1H3;3-8,11,19,23H,2,9-10H2,1H3;1-4,7-8,17,20-21H,5-6,9H2. The van der Waals surface area contributed by atoms with Crippen molar-refractivity contribution in [2.24, 2.45) is 5.92 Å². The minimum Gasteiger partial charge on any atom is -0.489 e. The van der Waals surface area contributed by atoms with Gasteiger partial charge >= 0.3 is 12.2 Å². The lowest BCUT2D eigenvalue weighted by Gasteiger charge is -2.41. The number of hydrogen-bond donors (Lipinski definition) is 6. The molecule has 12 heterocycles. The monoisotopic (exact) mass is 1900 g/mol. The molecule has 6 aromatic heterocycles. The van der Waals surface area contributed by atoms with Gasteiger partial charge in [0.05, 0.1) is 56.4 Å². The fraction of sp³-hybridized carbons (Fsp3) is 0.283. The molecule has 5 atom stereocenters. The first-order chi connectivity index (χ1) is 64.7. The van der Waals surface area contributed by atoms with E-state index in [1.807, 2.05) is 170 Å². The minimum atomic E-state index is -3.41. The summed E-state index contributed by atoms with van der Waals surface area (Å²) in [5, 5.41) is 12.8. The van der Waals surface area contributed by atoms with E-state index < -0.39 is 16.1 Å². The van der Waals surface area contributed by atoms with Crippen LogP contribution in [0.25, 0.3) is 54.5 Å². The quantitative estimate of drug-likeness (QED) is 0.0597. The average Bonchev–Trinajstić information content (AvgIpc) is 1.71. The molecule has 0 bridgehead atoms. The molecule has 1 aliphatic carbocycles. The Morgan fingerprint density at radius 1 is 0.466 bits per heavy atom. The lowest BCUT2D eigenvalue weighted by molar-refractivity contribution is 0.0856. The van der Waals surface area contributed by atoms with Crippen LogP contribution < -0.4 is 19.5 Å². The second-order valence-electron chi connectivity index (χ2n) is 34.7. The van der Waals surface area contributed by atoms with E-state index in [9.17, 15) is 22.4 Å². The number of carbonyl (C=O) groups is 2. The Bertz CT molecular complexity index is 7000. The van der Waals surface area contributed by atoms with Crippen molar-refractivity contribution >= 4 is 135 Å². The van der Waals surface area contributed by atoms with E-state index in [1.165, 1.54) is 99.9 Å². The Hall–Kier alpha value is -11.7. The van der Waals surface area contributed by atoms with Gasteiger partial charge in [0.2, 0.25) is 16.8 Å². The molecular formula is C106H102Cl5FN10O10S. The number of H-pyrrole nitrogens is 5. The third-order valence-electron chi connectivity index (χ3n) is 26.6. The number of nitrogens with one attached hydrogen (secondary N) is 6. The van der Waals surface area contributed by atoms with Crippen molar-refractivity contribution in [3.05, 3.63) is 358 Å². The lowest BCUT2D eigenvalue weighted by atomic mass is 9.79. The van der Waals surface area contributed by atoms with Gasteiger partial charge in [-0.3, -0.25) is 14.7 Å². The van der Waals surface area contributed by atoms with Crippen LogP contribution in [-0.4, -0.2) is 124 Å². The molecule has 6 N–H and O–H groups in total. The smallest absolute Gasteiger partial charge is 0.410 e. The van der Waals surface area contributed by atoms with Crippen LogP contribution in [-0.2, 0) is 71.2 Å². The number of furan rings is 1. The topological polar surface area (TPSA) is 232 Å². The highest BCUT2D eigenvalue weighted by atomic mass is 35.5. The van der Waals surface area contributed by atoms with Crippen molar-refractivity contribution in [1.82, 2.24) is 49.2 Å². The summed E-state index contributed by atoms with van der Waals surface area (Å²) in [7, 11) is -3.41. The number of carbonyl (C=O) groups excluding carboxylic acids is 2. The van der Waals surface area contributed by atoms with Gasteiger partial charge in [-0.2, -0.15) is 4.31 Å². The number of amides is 2. The first-order valence-corrected chi connectivity index (χ1v) is 49.3. The molecule has 0 spiro atoms. The van der Waals surface area contributed by atoms with Gasteiger partial charge in [0.15, 0.2) is 11.5 Å². The van der Waals surface area contributed by atoms with Gasteiger partial charge in [-0.15, -0.1) is 0 Å². The maximum Gasteiger partial charge on any atom is 0.410 e. The number of sulfonamides is 1. The van der Waals surface area contributed by atoms with Crippen molar-refractivity contribution in [3.63, 3.8) is 0 Å². The number of nitrogens with zero attached hydrogens (tertiary/aromatic N) is 4. The zero-order valence-corrected chi connectivity index (χ0v) is 78.5. The average molecular weight is 1900 g/mol. The Morgan fingerprint density at radius 2 is 0.955 bits per heavy atom. The molecule has 684 valence electrons. The van der Waals surface area contributed by atoms with E-state index >= 15 is 0 Å². The maximum atomic E-state index is 13.7. The molecule has 23 rings (SSSR count). The Labute approximate surface area is 796 Å². The van der Waals surface area contributed by atoms with Crippen LogP contribution in [0.3, 0.4) is 0 Å². The van der Waals surface area contributed by atoms with Gasteiger partial charge < -0.3 is 58.3 Å². The number of ether oxygens (including phenoxy) is 5. The summed E-state index contributed by atoms with van der Waals surface area (Å²) in [5.74, 6) is 3.89. The van der Waals surface area contributed by atoms with E-state index in [1.54, 1.807) is 46.7 Å². The van der Waals surface area contributed by atoms with E-state index in [0.29, 0.717) is 75.2 Å². The first-order valence-electron chi connectivity index (χ1n) is 45.5. The highest BCUT2D eigenvalue weighted by molar-refractivity contribution is 7.88. The number of halogens is 6. The van der Waals surface area contributed by atoms with Crippen molar-refractivity contribution in [2.75, 3.05) is 59.0 Å². The van der Waals surface area contributed by atoms with Crippen LogP contribution >= 0.6 is 58.0 Å². The number of fused-ring (bicyclic) bond motifs is 16. The Balaban J connectivity index is 0.000000108. The second kappa shape index (κ2) is 39.9. The number of aromatic nitrogens is 5. The second-order valence-corrected chi connectivity index (χ2v) is 38.9. The van der Waals surface area contributed by atoms with Crippen LogP contribution in [0.2, 0.25) is 25.1 Å². The van der Waals surface area contributed by atoms with Gasteiger partial charge in [-0.05, 0) is 266 Å². The zero-order valence-electron chi connectivity index (χ0n) is 73.9. The van der Waals surface area contributed by atoms with Gasteiger partial charge in [0, 0.05) is 141 Å². The SMILES string of the molecule is CCOC(=O)N1CCc2c([nH]c3ccc(Cl)cc23)C1Cc1ccccc1.CCOC(=O)N1CCc2c([nH]c3ccc(F)cc23)C1c1ccc(Cl)cc1.CS(=O)(=O)N1CCc2c([nH]c3ccc(Cl)cc23)C1c1ccc(OCc2ccccc2)cc1.Clc1ccc2[nH]c3c(c2c1)CCN(Cc1ccco1)C3C1CCCCC1.Clc1ccc2[nH]c3c(c2c1)CCNC3c1ccc2c(c1)OCO2. The van der Waals surface area contributed by atoms with Crippen molar-refractivity contribution in [1.29, 1.82) is 0 Å². The molecule has 5 unspecified atom stereocenters. The molecule has 27 heteroatoms. The number of rotatable bonds is 14. The van der Waals surface area contributed by atoms with E-state index in [4.69, 9.17) is 86.1 Å². The predicted octanol–water partition coefficient (Wildman–Crippen LogP) is 25.4. The molecule has 133 heavy (non-hydrogen) atoms. The summed E-state index contributed by atoms with van der Waals surface area (Å²) in [5.41, 5.74) is 22.3. The largest absolute Gasteiger partial charge is 0.489 e.